The van der Waals surface area contributed by atoms with E-state index in [1.165, 1.54) is 5.69 Å². The van der Waals surface area contributed by atoms with Gasteiger partial charge in [0, 0.05) is 34.6 Å². The summed E-state index contributed by atoms with van der Waals surface area (Å²) in [6.45, 7) is 4.80. The first-order valence-corrected chi connectivity index (χ1v) is 4.01. The minimum absolute atomic E-state index is 0. The van der Waals surface area contributed by atoms with Crippen LogP contribution >= 0.6 is 0 Å². The van der Waals surface area contributed by atoms with Gasteiger partial charge in [-0.2, -0.15) is 6.42 Å². The first kappa shape index (κ1) is 15.6. The zero-order valence-corrected chi connectivity index (χ0v) is 10.5. The molecular formula is C10H15AuNS-2. The van der Waals surface area contributed by atoms with E-state index in [1.54, 1.807) is 0 Å². The van der Waals surface area contributed by atoms with Gasteiger partial charge in [-0.3, -0.25) is 0 Å². The Balaban J connectivity index is 0. The summed E-state index contributed by atoms with van der Waals surface area (Å²) in [5, 5.41) is 3.31. The number of hydrogen-bond acceptors (Lipinski definition) is 2. The minimum atomic E-state index is 0. The van der Waals surface area contributed by atoms with Crippen LogP contribution in [0.25, 0.3) is 0 Å². The molecule has 79 valence electrons. The maximum absolute atomic E-state index is 3.78. The van der Waals surface area contributed by atoms with Crippen LogP contribution in [0.3, 0.4) is 0 Å². The molecule has 1 nitrogen and oxygen atoms in total. The van der Waals surface area contributed by atoms with E-state index in [9.17, 15) is 0 Å². The van der Waals surface area contributed by atoms with Crippen molar-refractivity contribution in [2.24, 2.45) is 0 Å². The van der Waals surface area contributed by atoms with Crippen LogP contribution in [0.15, 0.2) is 30.3 Å². The number of para-hydroxylation sites is 1. The van der Waals surface area contributed by atoms with Crippen molar-refractivity contribution in [1.82, 2.24) is 0 Å². The van der Waals surface area contributed by atoms with Gasteiger partial charge in [-0.1, -0.05) is 24.6 Å². The van der Waals surface area contributed by atoms with E-state index in [0.717, 1.165) is 19.4 Å². The molecule has 1 rings (SSSR count). The van der Waals surface area contributed by atoms with Gasteiger partial charge in [0.15, 0.2) is 0 Å². The average molecular weight is 378 g/mol. The van der Waals surface area contributed by atoms with Crippen LogP contribution in [-0.2, 0) is 35.9 Å². The van der Waals surface area contributed by atoms with E-state index >= 15 is 0 Å². The third kappa shape index (κ3) is 7.20. The maximum Gasteiger partial charge on any atom is 0.0340 e. The number of benzene rings is 1. The zero-order valence-electron chi connectivity index (χ0n) is 7.46. The number of anilines is 1. The molecule has 0 heterocycles. The van der Waals surface area contributed by atoms with Crippen molar-refractivity contribution < 1.29 is 22.4 Å². The second-order valence-corrected chi connectivity index (χ2v) is 2.50. The largest absolute Gasteiger partial charge is 0.813 e. The molecule has 0 saturated heterocycles. The fourth-order valence-corrected chi connectivity index (χ4v) is 0.914. The summed E-state index contributed by atoms with van der Waals surface area (Å²) < 4.78 is 0. The van der Waals surface area contributed by atoms with Gasteiger partial charge in [-0.05, 0) is 12.1 Å². The van der Waals surface area contributed by atoms with Crippen molar-refractivity contribution >= 4 is 19.2 Å². The van der Waals surface area contributed by atoms with Crippen LogP contribution in [0.2, 0.25) is 0 Å². The van der Waals surface area contributed by atoms with Crippen molar-refractivity contribution in [3.63, 3.8) is 0 Å². The van der Waals surface area contributed by atoms with Crippen LogP contribution in [0.1, 0.15) is 12.8 Å². The van der Waals surface area contributed by atoms with Gasteiger partial charge in [0.1, 0.15) is 0 Å². The molecule has 0 fully saturated rings. The molecule has 0 saturated carbocycles. The Labute approximate surface area is 103 Å². The molecule has 0 aliphatic rings. The monoisotopic (exact) mass is 378 g/mol. The standard InChI is InChI=1S/C10H14N.Au.H2S/c1-2-3-9-11-10-7-5-4-6-8-10;;/h4-8,11H,1-3,9H2;;1H2/q-1;;/p-1. The van der Waals surface area contributed by atoms with Crippen molar-refractivity contribution in [2.75, 3.05) is 11.9 Å². The number of thiol groups is 1. The topological polar surface area (TPSA) is 12.0 Å². The molecule has 0 unspecified atom stereocenters. The second kappa shape index (κ2) is 10.2. The Morgan fingerprint density at radius 2 is 1.77 bits per heavy atom. The summed E-state index contributed by atoms with van der Waals surface area (Å²) in [7, 11) is 0. The Hall–Kier alpha value is 0.110. The molecule has 0 bridgehead atoms. The van der Waals surface area contributed by atoms with E-state index in [1.807, 2.05) is 18.2 Å². The maximum atomic E-state index is 3.78. The van der Waals surface area contributed by atoms with E-state index in [-0.39, 0.29) is 35.9 Å². The molecule has 1 N–H and O–H groups in total. The first-order chi connectivity index (χ1) is 5.43. The SMILES string of the molecule is [Au].[CH2-]CCCNc1ccccc1.[SH-]. The molecule has 0 amide bonds. The van der Waals surface area contributed by atoms with E-state index in [4.69, 9.17) is 0 Å². The zero-order chi connectivity index (χ0) is 7.94. The van der Waals surface area contributed by atoms with Gasteiger partial charge in [0.25, 0.3) is 0 Å². The predicted octanol–water partition coefficient (Wildman–Crippen LogP) is 2.44. The molecule has 1 aromatic rings. The summed E-state index contributed by atoms with van der Waals surface area (Å²) in [5.41, 5.74) is 1.20. The summed E-state index contributed by atoms with van der Waals surface area (Å²) in [5.74, 6) is 0. The molecule has 0 aliphatic carbocycles. The summed E-state index contributed by atoms with van der Waals surface area (Å²) in [6, 6.07) is 10.2. The molecule has 0 spiro atoms. The number of hydrogen-bond donors (Lipinski definition) is 1. The first-order valence-electron chi connectivity index (χ1n) is 4.01. The van der Waals surface area contributed by atoms with E-state index in [2.05, 4.69) is 24.4 Å². The van der Waals surface area contributed by atoms with E-state index < -0.39 is 0 Å². The summed E-state index contributed by atoms with van der Waals surface area (Å²) >= 11 is 0. The quantitative estimate of drug-likeness (QED) is 0.284. The Morgan fingerprint density at radius 1 is 1.15 bits per heavy atom. The number of nitrogens with one attached hydrogen (secondary N) is 1. The molecule has 1 aromatic carbocycles. The fourth-order valence-electron chi connectivity index (χ4n) is 0.914. The Morgan fingerprint density at radius 3 is 2.31 bits per heavy atom. The molecule has 0 aromatic heterocycles. The predicted molar refractivity (Wildman–Crippen MR) is 58.3 cm³/mol. The number of rotatable bonds is 4. The molecule has 13 heavy (non-hydrogen) atoms. The second-order valence-electron chi connectivity index (χ2n) is 2.50. The van der Waals surface area contributed by atoms with Crippen molar-refractivity contribution in [1.29, 1.82) is 0 Å². The minimum Gasteiger partial charge on any atom is -0.813 e. The van der Waals surface area contributed by atoms with Gasteiger partial charge in [0.2, 0.25) is 0 Å². The fraction of sp³-hybridized carbons (Fsp3) is 0.300. The van der Waals surface area contributed by atoms with Gasteiger partial charge in [0.05, 0.1) is 0 Å². The van der Waals surface area contributed by atoms with Crippen LogP contribution in [0, 0.1) is 6.92 Å². The average Bonchev–Trinajstić information content (AvgIpc) is 2.07. The molecule has 0 aliphatic heterocycles. The van der Waals surface area contributed by atoms with Gasteiger partial charge in [-0.15, -0.1) is 0 Å². The van der Waals surface area contributed by atoms with Crippen molar-refractivity contribution in [3.05, 3.63) is 37.3 Å². The van der Waals surface area contributed by atoms with Gasteiger partial charge < -0.3 is 25.7 Å². The van der Waals surface area contributed by atoms with Gasteiger partial charge in [-0.25, -0.2) is 0 Å². The van der Waals surface area contributed by atoms with Crippen LogP contribution < -0.4 is 5.32 Å². The molecule has 0 atom stereocenters. The van der Waals surface area contributed by atoms with Crippen LogP contribution in [-0.4, -0.2) is 6.54 Å². The normalized spacial score (nSPS) is 8.08. The third-order valence-electron chi connectivity index (χ3n) is 1.53. The Bertz CT molecular complexity index is 191. The summed E-state index contributed by atoms with van der Waals surface area (Å²) in [6.07, 6.45) is 2.13. The molecular weight excluding hydrogens is 363 g/mol. The summed E-state index contributed by atoms with van der Waals surface area (Å²) in [4.78, 5) is 0. The Kier molecular flexibility index (Phi) is 12.2. The van der Waals surface area contributed by atoms with Crippen LogP contribution in [0.4, 0.5) is 5.69 Å². The third-order valence-corrected chi connectivity index (χ3v) is 1.53. The smallest absolute Gasteiger partial charge is 0.0340 e. The van der Waals surface area contributed by atoms with Gasteiger partial charge >= 0.3 is 0 Å². The van der Waals surface area contributed by atoms with Crippen molar-refractivity contribution in [3.8, 4) is 0 Å². The van der Waals surface area contributed by atoms with Crippen LogP contribution in [0.5, 0.6) is 0 Å². The molecule has 1 radical (unpaired) electrons. The number of unbranched alkanes of at least 4 members (excludes halogenated alkanes) is 1. The molecule has 3 heteroatoms. The van der Waals surface area contributed by atoms with Crippen molar-refractivity contribution in [2.45, 2.75) is 12.8 Å². The van der Waals surface area contributed by atoms with E-state index in [0.29, 0.717) is 0 Å².